The van der Waals surface area contributed by atoms with E-state index in [0.29, 0.717) is 37.2 Å². The van der Waals surface area contributed by atoms with Crippen LogP contribution in [-0.4, -0.2) is 40.5 Å². The van der Waals surface area contributed by atoms with E-state index in [1.807, 2.05) is 32.9 Å². The summed E-state index contributed by atoms with van der Waals surface area (Å²) in [6.07, 6.45) is 4.26. The minimum Gasteiger partial charge on any atom is -0.330 e. The second kappa shape index (κ2) is 11.3. The van der Waals surface area contributed by atoms with Crippen LogP contribution in [0.4, 0.5) is 17.6 Å². The molecule has 0 aromatic carbocycles. The summed E-state index contributed by atoms with van der Waals surface area (Å²) >= 11 is 0. The number of pyridine rings is 1. The maximum Gasteiger partial charge on any atom is 0.307 e. The van der Waals surface area contributed by atoms with Gasteiger partial charge in [-0.1, -0.05) is 45.1 Å². The van der Waals surface area contributed by atoms with Gasteiger partial charge in [-0.25, -0.2) is 17.6 Å². The maximum atomic E-state index is 13.2. The number of alkyl halides is 4. The summed E-state index contributed by atoms with van der Waals surface area (Å²) in [7, 11) is 0. The van der Waals surface area contributed by atoms with Crippen molar-refractivity contribution in [2.45, 2.75) is 71.8 Å². The van der Waals surface area contributed by atoms with Crippen LogP contribution in [-0.2, 0) is 22.6 Å². The zero-order valence-corrected chi connectivity index (χ0v) is 20.4. The Labute approximate surface area is 203 Å². The van der Waals surface area contributed by atoms with Gasteiger partial charge in [-0.2, -0.15) is 0 Å². The van der Waals surface area contributed by atoms with E-state index < -0.39 is 18.8 Å². The van der Waals surface area contributed by atoms with Gasteiger partial charge >= 0.3 is 12.3 Å². The van der Waals surface area contributed by atoms with Crippen molar-refractivity contribution in [1.29, 1.82) is 0 Å². The summed E-state index contributed by atoms with van der Waals surface area (Å²) in [5.74, 6) is -4.26. The molecular weight excluding hydrogens is 460 g/mol. The van der Waals surface area contributed by atoms with Gasteiger partial charge in [0, 0.05) is 48.8 Å². The number of carbonyl (C=O) groups excluding carboxylic acids is 2. The Balaban J connectivity index is 1.66. The maximum absolute atomic E-state index is 13.2. The van der Waals surface area contributed by atoms with Gasteiger partial charge in [-0.3, -0.25) is 14.6 Å². The SMILES string of the molecule is CCC(C(=O)C(C)C)C1=CCC=CC2=C1CN(Cc1ccc(CCCC(F)(F)C(F)F)nc1)C2=O. The number of Topliss-reactive ketones (excluding diaryl/α,β-unsaturated/α-hetero) is 1. The highest BCUT2D eigenvalue weighted by Gasteiger charge is 2.39. The molecule has 1 aromatic heterocycles. The van der Waals surface area contributed by atoms with Gasteiger partial charge in [-0.15, -0.1) is 0 Å². The minimum absolute atomic E-state index is 0.0968. The van der Waals surface area contributed by atoms with Crippen LogP contribution in [0, 0.1) is 11.8 Å². The first-order chi connectivity index (χ1) is 16.5. The van der Waals surface area contributed by atoms with Crippen molar-refractivity contribution in [3.8, 4) is 0 Å². The van der Waals surface area contributed by atoms with Crippen molar-refractivity contribution in [2.24, 2.45) is 11.8 Å². The van der Waals surface area contributed by atoms with Crippen molar-refractivity contribution in [3.63, 3.8) is 0 Å². The quantitative estimate of drug-likeness (QED) is 0.352. The Morgan fingerprint density at radius 1 is 1.23 bits per heavy atom. The molecule has 2 aliphatic rings. The van der Waals surface area contributed by atoms with Crippen LogP contribution in [0.3, 0.4) is 0 Å². The molecule has 2 heterocycles. The lowest BCUT2D eigenvalue weighted by molar-refractivity contribution is -0.133. The van der Waals surface area contributed by atoms with Gasteiger partial charge < -0.3 is 4.90 Å². The summed E-state index contributed by atoms with van der Waals surface area (Å²) in [6, 6.07) is 3.45. The molecule has 0 saturated heterocycles. The standard InChI is InChI=1S/C27H32F4N2O2/c1-4-20(24(34)17(2)3)21-9-5-6-10-22-23(21)16-33(25(22)35)15-18-11-12-19(32-14-18)8-7-13-27(30,31)26(28)29/h6,9-12,14,17,20,26H,4-5,7-8,13,15-16H2,1-3H3. The first kappa shape index (κ1) is 26.8. The largest absolute Gasteiger partial charge is 0.330 e. The molecule has 3 rings (SSSR count). The van der Waals surface area contributed by atoms with Gasteiger partial charge in [0.05, 0.1) is 0 Å². The fourth-order valence-corrected chi connectivity index (χ4v) is 4.56. The van der Waals surface area contributed by atoms with E-state index in [1.165, 1.54) is 0 Å². The molecule has 8 heteroatoms. The number of hydrogen-bond acceptors (Lipinski definition) is 3. The molecule has 4 nitrogen and oxygen atoms in total. The molecule has 1 unspecified atom stereocenters. The molecule has 0 radical (unpaired) electrons. The summed E-state index contributed by atoms with van der Waals surface area (Å²) in [5.41, 5.74) is 3.77. The number of aryl methyl sites for hydroxylation is 1. The number of allylic oxidation sites excluding steroid dienone is 2. The van der Waals surface area contributed by atoms with E-state index in [0.717, 1.165) is 16.7 Å². The van der Waals surface area contributed by atoms with Gasteiger partial charge in [0.1, 0.15) is 5.78 Å². The molecule has 1 amide bonds. The van der Waals surface area contributed by atoms with Crippen molar-refractivity contribution < 1.29 is 27.2 Å². The van der Waals surface area contributed by atoms with E-state index in [4.69, 9.17) is 0 Å². The summed E-state index contributed by atoms with van der Waals surface area (Å²) in [4.78, 5) is 32.0. The number of hydrogen-bond donors (Lipinski definition) is 0. The van der Waals surface area contributed by atoms with Gasteiger partial charge in [-0.05, 0) is 48.5 Å². The molecular formula is C27H32F4N2O2. The zero-order valence-electron chi connectivity index (χ0n) is 20.4. The number of ketones is 1. The number of halogens is 4. The normalized spacial score (nSPS) is 17.2. The lowest BCUT2D eigenvalue weighted by atomic mass is 9.82. The van der Waals surface area contributed by atoms with Crippen LogP contribution in [0.25, 0.3) is 0 Å². The number of nitrogens with zero attached hydrogens (tertiary/aromatic N) is 2. The fourth-order valence-electron chi connectivity index (χ4n) is 4.56. The van der Waals surface area contributed by atoms with Gasteiger partial charge in [0.15, 0.2) is 0 Å². The number of carbonyl (C=O) groups is 2. The lowest BCUT2D eigenvalue weighted by Crippen LogP contribution is -2.28. The predicted molar refractivity (Wildman–Crippen MR) is 126 cm³/mol. The highest BCUT2D eigenvalue weighted by atomic mass is 19.3. The molecule has 1 aromatic rings. The molecule has 1 aliphatic heterocycles. The summed E-state index contributed by atoms with van der Waals surface area (Å²) < 4.78 is 50.7. The van der Waals surface area contributed by atoms with Crippen LogP contribution >= 0.6 is 0 Å². The third-order valence-corrected chi connectivity index (χ3v) is 6.52. The average Bonchev–Trinajstić information content (AvgIpc) is 2.97. The average molecular weight is 493 g/mol. The molecule has 35 heavy (non-hydrogen) atoms. The van der Waals surface area contributed by atoms with Crippen molar-refractivity contribution >= 4 is 11.7 Å². The topological polar surface area (TPSA) is 50.3 Å². The molecule has 0 fully saturated rings. The second-order valence-electron chi connectivity index (χ2n) is 9.44. The third kappa shape index (κ3) is 6.27. The molecule has 1 aliphatic carbocycles. The molecule has 1 atom stereocenters. The number of amides is 1. The first-order valence-corrected chi connectivity index (χ1v) is 12.1. The molecule has 0 bridgehead atoms. The molecule has 190 valence electrons. The Bertz CT molecular complexity index is 1030. The molecule has 0 spiro atoms. The number of rotatable bonds is 11. The van der Waals surface area contributed by atoms with Gasteiger partial charge in [0.25, 0.3) is 5.91 Å². The second-order valence-corrected chi connectivity index (χ2v) is 9.44. The Morgan fingerprint density at radius 2 is 1.97 bits per heavy atom. The van der Waals surface area contributed by atoms with Gasteiger partial charge in [0.2, 0.25) is 0 Å². The monoisotopic (exact) mass is 492 g/mol. The van der Waals surface area contributed by atoms with Crippen molar-refractivity contribution in [3.05, 3.63) is 64.5 Å². The first-order valence-electron chi connectivity index (χ1n) is 12.1. The lowest BCUT2D eigenvalue weighted by Gasteiger charge is -2.22. The predicted octanol–water partition coefficient (Wildman–Crippen LogP) is 6.08. The molecule has 0 saturated carbocycles. The zero-order chi connectivity index (χ0) is 25.8. The highest BCUT2D eigenvalue weighted by molar-refractivity contribution is 6.01. The van der Waals surface area contributed by atoms with E-state index in [9.17, 15) is 27.2 Å². The highest BCUT2D eigenvalue weighted by Crippen LogP contribution is 2.36. The van der Waals surface area contributed by atoms with Crippen LogP contribution in [0.1, 0.15) is 57.7 Å². The van der Waals surface area contributed by atoms with Crippen LogP contribution in [0.5, 0.6) is 0 Å². The minimum atomic E-state index is -3.99. The van der Waals surface area contributed by atoms with Crippen molar-refractivity contribution in [2.75, 3.05) is 6.54 Å². The Morgan fingerprint density at radius 3 is 2.57 bits per heavy atom. The van der Waals surface area contributed by atoms with Crippen LogP contribution in [0.2, 0.25) is 0 Å². The van der Waals surface area contributed by atoms with Crippen LogP contribution in [0.15, 0.2) is 53.3 Å². The Kier molecular flexibility index (Phi) is 8.67. The van der Waals surface area contributed by atoms with E-state index >= 15 is 0 Å². The van der Waals surface area contributed by atoms with E-state index in [2.05, 4.69) is 11.1 Å². The summed E-state index contributed by atoms with van der Waals surface area (Å²) in [5, 5.41) is 0. The van der Waals surface area contributed by atoms with Crippen LogP contribution < -0.4 is 0 Å². The van der Waals surface area contributed by atoms with E-state index in [-0.39, 0.29) is 36.4 Å². The number of aromatic nitrogens is 1. The summed E-state index contributed by atoms with van der Waals surface area (Å²) in [6.45, 7) is 6.49. The van der Waals surface area contributed by atoms with Crippen molar-refractivity contribution in [1.82, 2.24) is 9.88 Å². The smallest absolute Gasteiger partial charge is 0.307 e. The van der Waals surface area contributed by atoms with E-state index in [1.54, 1.807) is 23.2 Å². The molecule has 0 N–H and O–H groups in total. The Hall–Kier alpha value is -2.77. The fraction of sp³-hybridized carbons (Fsp3) is 0.519. The third-order valence-electron chi connectivity index (χ3n) is 6.52.